The zero-order valence-electron chi connectivity index (χ0n) is 6.83. The highest BCUT2D eigenvalue weighted by Crippen LogP contribution is 2.20. The summed E-state index contributed by atoms with van der Waals surface area (Å²) in [6.45, 7) is 0. The normalized spacial score (nSPS) is 10.1. The smallest absolute Gasteiger partial charge is 0.192 e. The Bertz CT molecular complexity index is 547. The number of benzene rings is 1. The molecule has 0 bridgehead atoms. The largest absolute Gasteiger partial charge is 0.223 e. The quantitative estimate of drug-likeness (QED) is 0.555. The van der Waals surface area contributed by atoms with Crippen molar-refractivity contribution in [3.8, 4) is 6.07 Å². The lowest BCUT2D eigenvalue weighted by Crippen LogP contribution is -1.93. The summed E-state index contributed by atoms with van der Waals surface area (Å²) in [6.07, 6.45) is 0. The number of rotatable bonds is 0. The van der Waals surface area contributed by atoms with Crippen LogP contribution in [-0.4, -0.2) is 9.97 Å². The Morgan fingerprint density at radius 3 is 2.86 bits per heavy atom. The predicted molar refractivity (Wildman–Crippen MR) is 62.0 cm³/mol. The van der Waals surface area contributed by atoms with Gasteiger partial charge in [-0.05, 0) is 18.2 Å². The molecule has 0 spiro atoms. The SMILES string of the molecule is N#Cc1nc(I)nc2ccc(Cl)cc12. The summed E-state index contributed by atoms with van der Waals surface area (Å²) >= 11 is 7.80. The first-order chi connectivity index (χ1) is 6.70. The van der Waals surface area contributed by atoms with E-state index >= 15 is 0 Å². The van der Waals surface area contributed by atoms with Gasteiger partial charge in [-0.25, -0.2) is 9.97 Å². The van der Waals surface area contributed by atoms with Crippen LogP contribution in [-0.2, 0) is 0 Å². The summed E-state index contributed by atoms with van der Waals surface area (Å²) in [5.74, 6) is 0. The van der Waals surface area contributed by atoms with Crippen molar-refractivity contribution in [2.75, 3.05) is 0 Å². The second kappa shape index (κ2) is 3.67. The van der Waals surface area contributed by atoms with E-state index in [1.165, 1.54) is 0 Å². The van der Waals surface area contributed by atoms with Crippen LogP contribution >= 0.6 is 34.2 Å². The third-order valence-corrected chi connectivity index (χ3v) is 2.45. The standard InChI is InChI=1S/C9H3ClIN3/c10-5-1-2-7-6(3-5)8(4-12)14-9(11)13-7/h1-3H. The molecule has 0 radical (unpaired) electrons. The van der Waals surface area contributed by atoms with Gasteiger partial charge in [0.1, 0.15) is 6.07 Å². The third-order valence-electron chi connectivity index (χ3n) is 1.74. The Kier molecular flexibility index (Phi) is 2.52. The van der Waals surface area contributed by atoms with Crippen LogP contribution in [0.2, 0.25) is 5.02 Å². The van der Waals surface area contributed by atoms with Crippen molar-refractivity contribution in [1.82, 2.24) is 9.97 Å². The fourth-order valence-electron chi connectivity index (χ4n) is 1.16. The third kappa shape index (κ3) is 1.65. The lowest BCUT2D eigenvalue weighted by atomic mass is 10.2. The maximum Gasteiger partial charge on any atom is 0.192 e. The lowest BCUT2D eigenvalue weighted by Gasteiger charge is -1.99. The maximum atomic E-state index is 8.86. The lowest BCUT2D eigenvalue weighted by molar-refractivity contribution is 1.13. The molecule has 0 saturated carbocycles. The molecule has 0 aliphatic rings. The molecule has 0 N–H and O–H groups in total. The number of fused-ring (bicyclic) bond motifs is 1. The molecular weight excluding hydrogens is 312 g/mol. The van der Waals surface area contributed by atoms with Gasteiger partial charge in [0.05, 0.1) is 5.52 Å². The van der Waals surface area contributed by atoms with Crippen molar-refractivity contribution in [3.63, 3.8) is 0 Å². The number of hydrogen-bond donors (Lipinski definition) is 0. The molecule has 2 rings (SSSR count). The maximum absolute atomic E-state index is 8.86. The Morgan fingerprint density at radius 1 is 1.36 bits per heavy atom. The van der Waals surface area contributed by atoms with E-state index < -0.39 is 0 Å². The zero-order chi connectivity index (χ0) is 10.1. The first-order valence-electron chi connectivity index (χ1n) is 3.73. The van der Waals surface area contributed by atoms with E-state index in [-0.39, 0.29) is 0 Å². The number of nitriles is 1. The van der Waals surface area contributed by atoms with Crippen LogP contribution in [0.3, 0.4) is 0 Å². The van der Waals surface area contributed by atoms with Crippen LogP contribution in [0.25, 0.3) is 10.9 Å². The summed E-state index contributed by atoms with van der Waals surface area (Å²) in [4.78, 5) is 8.21. The highest BCUT2D eigenvalue weighted by Gasteiger charge is 2.05. The van der Waals surface area contributed by atoms with Crippen LogP contribution in [0.4, 0.5) is 0 Å². The molecule has 0 atom stereocenters. The second-order valence-corrected chi connectivity index (χ2v) is 4.02. The van der Waals surface area contributed by atoms with E-state index in [0.717, 1.165) is 5.52 Å². The Balaban J connectivity index is 2.90. The molecule has 0 saturated heterocycles. The van der Waals surface area contributed by atoms with Gasteiger partial charge in [0, 0.05) is 33.0 Å². The topological polar surface area (TPSA) is 49.6 Å². The molecule has 14 heavy (non-hydrogen) atoms. The molecule has 2 aromatic rings. The minimum Gasteiger partial charge on any atom is -0.223 e. The molecule has 3 nitrogen and oxygen atoms in total. The van der Waals surface area contributed by atoms with E-state index in [9.17, 15) is 0 Å². The first-order valence-corrected chi connectivity index (χ1v) is 5.19. The van der Waals surface area contributed by atoms with Crippen LogP contribution in [0.5, 0.6) is 0 Å². The van der Waals surface area contributed by atoms with Crippen molar-refractivity contribution in [1.29, 1.82) is 5.26 Å². The Hall–Kier alpha value is -0.930. The van der Waals surface area contributed by atoms with Gasteiger partial charge < -0.3 is 0 Å². The number of halogens is 2. The van der Waals surface area contributed by atoms with Crippen LogP contribution in [0.15, 0.2) is 18.2 Å². The summed E-state index contributed by atoms with van der Waals surface area (Å²) < 4.78 is 0.564. The molecule has 0 amide bonds. The van der Waals surface area contributed by atoms with Crippen molar-refractivity contribution >= 4 is 45.1 Å². The fourth-order valence-corrected chi connectivity index (χ4v) is 1.83. The summed E-state index contributed by atoms with van der Waals surface area (Å²) in [6, 6.07) is 7.25. The van der Waals surface area contributed by atoms with E-state index in [0.29, 0.717) is 19.9 Å². The number of nitrogens with zero attached hydrogens (tertiary/aromatic N) is 3. The molecule has 0 unspecified atom stereocenters. The molecule has 1 heterocycles. The van der Waals surface area contributed by atoms with Crippen molar-refractivity contribution in [3.05, 3.63) is 32.7 Å². The van der Waals surface area contributed by atoms with E-state index in [2.05, 4.69) is 9.97 Å². The summed E-state index contributed by atoms with van der Waals surface area (Å²) in [5.41, 5.74) is 1.10. The molecule has 68 valence electrons. The van der Waals surface area contributed by atoms with Crippen LogP contribution in [0, 0.1) is 15.2 Å². The molecule has 0 aliphatic carbocycles. The van der Waals surface area contributed by atoms with Crippen LogP contribution in [0.1, 0.15) is 5.69 Å². The van der Waals surface area contributed by atoms with Crippen molar-refractivity contribution in [2.24, 2.45) is 0 Å². The van der Waals surface area contributed by atoms with Crippen LogP contribution < -0.4 is 0 Å². The summed E-state index contributed by atoms with van der Waals surface area (Å²) in [7, 11) is 0. The highest BCUT2D eigenvalue weighted by molar-refractivity contribution is 14.1. The fraction of sp³-hybridized carbons (Fsp3) is 0. The number of aromatic nitrogens is 2. The van der Waals surface area contributed by atoms with Gasteiger partial charge in [-0.3, -0.25) is 0 Å². The highest BCUT2D eigenvalue weighted by atomic mass is 127. The van der Waals surface area contributed by atoms with Gasteiger partial charge >= 0.3 is 0 Å². The summed E-state index contributed by atoms with van der Waals surface area (Å²) in [5, 5.41) is 10.1. The molecule has 1 aromatic heterocycles. The Labute approximate surface area is 98.9 Å². The average Bonchev–Trinajstić information content (AvgIpc) is 2.17. The molecule has 0 aliphatic heterocycles. The number of hydrogen-bond acceptors (Lipinski definition) is 3. The van der Waals surface area contributed by atoms with Crippen molar-refractivity contribution < 1.29 is 0 Å². The second-order valence-electron chi connectivity index (χ2n) is 2.61. The van der Waals surface area contributed by atoms with Gasteiger partial charge in [-0.15, -0.1) is 0 Å². The van der Waals surface area contributed by atoms with Gasteiger partial charge in [-0.2, -0.15) is 5.26 Å². The van der Waals surface area contributed by atoms with E-state index in [1.54, 1.807) is 18.2 Å². The van der Waals surface area contributed by atoms with E-state index in [4.69, 9.17) is 16.9 Å². The van der Waals surface area contributed by atoms with Gasteiger partial charge in [0.25, 0.3) is 0 Å². The average molecular weight is 316 g/mol. The van der Waals surface area contributed by atoms with Crippen molar-refractivity contribution in [2.45, 2.75) is 0 Å². The zero-order valence-corrected chi connectivity index (χ0v) is 9.74. The first kappa shape index (κ1) is 9.62. The van der Waals surface area contributed by atoms with Gasteiger partial charge in [0.15, 0.2) is 9.53 Å². The van der Waals surface area contributed by atoms with E-state index in [1.807, 2.05) is 28.7 Å². The molecular formula is C9H3ClIN3. The minimum absolute atomic E-state index is 0.363. The van der Waals surface area contributed by atoms with Gasteiger partial charge in [0.2, 0.25) is 0 Å². The predicted octanol–water partition coefficient (Wildman–Crippen LogP) is 2.76. The van der Waals surface area contributed by atoms with Gasteiger partial charge in [-0.1, -0.05) is 11.6 Å². The minimum atomic E-state index is 0.363. The molecule has 1 aromatic carbocycles. The monoisotopic (exact) mass is 315 g/mol. The molecule has 0 fully saturated rings. The Morgan fingerprint density at radius 2 is 2.14 bits per heavy atom. The molecule has 5 heteroatoms.